The fraction of sp³-hybridized carbons (Fsp3) is 0.0714. The van der Waals surface area contributed by atoms with Gasteiger partial charge in [-0.1, -0.05) is 0 Å². The maximum Gasteiger partial charge on any atom is 0.337 e. The molecule has 0 saturated carbocycles. The highest BCUT2D eigenvalue weighted by Crippen LogP contribution is 2.27. The molecule has 0 spiro atoms. The molecule has 0 amide bonds. The van der Waals surface area contributed by atoms with Gasteiger partial charge >= 0.3 is 5.97 Å². The third-order valence-corrected chi connectivity index (χ3v) is 3.87. The molecule has 0 aliphatic carbocycles. The number of aromatic nitrogens is 3. The minimum Gasteiger partial charge on any atom is -0.465 e. The molecule has 0 radical (unpaired) electrons. The number of halogens is 1. The van der Waals surface area contributed by atoms with Crippen LogP contribution in [0.1, 0.15) is 10.4 Å². The Morgan fingerprint density at radius 2 is 1.90 bits per heavy atom. The molecule has 0 unspecified atom stereocenters. The number of esters is 1. The van der Waals surface area contributed by atoms with E-state index in [1.54, 1.807) is 30.3 Å². The Balaban J connectivity index is 2.04. The van der Waals surface area contributed by atoms with Gasteiger partial charge in [0.15, 0.2) is 0 Å². The number of rotatable bonds is 2. The average Bonchev–Trinajstić information content (AvgIpc) is 2.95. The summed E-state index contributed by atoms with van der Waals surface area (Å²) in [6.45, 7) is 0. The number of nitrogens with two attached hydrogens (primary N) is 1. The molecule has 0 aliphatic rings. The number of nitrogens with zero attached hydrogens (tertiary/aromatic N) is 3. The van der Waals surface area contributed by atoms with Crippen molar-refractivity contribution >= 4 is 38.6 Å². The Morgan fingerprint density at radius 1 is 1.19 bits per heavy atom. The van der Waals surface area contributed by atoms with Crippen LogP contribution in [0.25, 0.3) is 16.7 Å². The molecular weight excluding hydrogens is 336 g/mol. The van der Waals surface area contributed by atoms with Crippen LogP contribution in [0.3, 0.4) is 0 Å². The molecular formula is C14H11BrN4O2. The summed E-state index contributed by atoms with van der Waals surface area (Å²) in [4.78, 5) is 12.9. The van der Waals surface area contributed by atoms with E-state index in [0.717, 1.165) is 15.7 Å². The fourth-order valence-electron chi connectivity index (χ4n) is 1.93. The summed E-state index contributed by atoms with van der Waals surface area (Å²) in [5.41, 5.74) is 9.07. The summed E-state index contributed by atoms with van der Waals surface area (Å²) in [5, 5.41) is 8.78. The first kappa shape index (κ1) is 13.6. The number of hydrogen-bond donors (Lipinski definition) is 1. The second-order valence-corrected chi connectivity index (χ2v) is 5.16. The maximum atomic E-state index is 11.4. The van der Waals surface area contributed by atoms with Crippen molar-refractivity contribution in [1.29, 1.82) is 0 Å². The molecule has 6 nitrogen and oxygen atoms in total. The number of hydrogen-bond acceptors (Lipinski definition) is 5. The largest absolute Gasteiger partial charge is 0.465 e. The van der Waals surface area contributed by atoms with E-state index in [0.29, 0.717) is 16.8 Å². The van der Waals surface area contributed by atoms with E-state index in [4.69, 9.17) is 5.73 Å². The lowest BCUT2D eigenvalue weighted by molar-refractivity contribution is 0.0600. The van der Waals surface area contributed by atoms with Crippen LogP contribution in [0.15, 0.2) is 40.9 Å². The minimum absolute atomic E-state index is 0.379. The third kappa shape index (κ3) is 2.36. The summed E-state index contributed by atoms with van der Waals surface area (Å²) < 4.78 is 5.38. The van der Waals surface area contributed by atoms with Gasteiger partial charge in [0.25, 0.3) is 0 Å². The number of fused-ring (bicyclic) bond motifs is 1. The highest BCUT2D eigenvalue weighted by molar-refractivity contribution is 9.10. The first-order valence-electron chi connectivity index (χ1n) is 6.10. The molecule has 2 N–H and O–H groups in total. The Kier molecular flexibility index (Phi) is 3.34. The summed E-state index contributed by atoms with van der Waals surface area (Å²) in [5.74, 6) is -0.379. The zero-order valence-corrected chi connectivity index (χ0v) is 12.7. The summed E-state index contributed by atoms with van der Waals surface area (Å²) >= 11 is 3.40. The predicted molar refractivity (Wildman–Crippen MR) is 82.3 cm³/mol. The Hall–Kier alpha value is -2.41. The second-order valence-electron chi connectivity index (χ2n) is 4.36. The summed E-state index contributed by atoms with van der Waals surface area (Å²) in [7, 11) is 1.35. The number of methoxy groups -OCH3 is 1. The van der Waals surface area contributed by atoms with E-state index in [1.165, 1.54) is 11.9 Å². The van der Waals surface area contributed by atoms with Gasteiger partial charge in [-0.25, -0.2) is 4.79 Å². The molecule has 7 heteroatoms. The smallest absolute Gasteiger partial charge is 0.337 e. The van der Waals surface area contributed by atoms with Crippen molar-refractivity contribution in [2.75, 3.05) is 12.8 Å². The van der Waals surface area contributed by atoms with Gasteiger partial charge in [-0.05, 0) is 52.3 Å². The molecule has 3 rings (SSSR count). The molecule has 0 atom stereocenters. The van der Waals surface area contributed by atoms with Crippen LogP contribution in [-0.2, 0) is 4.74 Å². The van der Waals surface area contributed by atoms with Gasteiger partial charge in [0.1, 0.15) is 11.0 Å². The van der Waals surface area contributed by atoms with Crippen molar-refractivity contribution in [3.05, 3.63) is 46.4 Å². The lowest BCUT2D eigenvalue weighted by atomic mass is 10.2. The standard InChI is InChI=1S/C14H11BrN4O2/c1-21-14(20)8-2-4-9(5-3-8)19-17-11-7-6-10(16)12(15)13(11)18-19/h2-7H,16H2,1H3. The Morgan fingerprint density at radius 3 is 2.57 bits per heavy atom. The molecule has 1 aromatic heterocycles. The zero-order valence-electron chi connectivity index (χ0n) is 11.1. The van der Waals surface area contributed by atoms with Crippen LogP contribution < -0.4 is 5.73 Å². The molecule has 2 aromatic carbocycles. The van der Waals surface area contributed by atoms with E-state index in [9.17, 15) is 4.79 Å². The van der Waals surface area contributed by atoms with Crippen LogP contribution in [0, 0.1) is 0 Å². The number of benzene rings is 2. The maximum absolute atomic E-state index is 11.4. The third-order valence-electron chi connectivity index (χ3n) is 3.04. The summed E-state index contributed by atoms with van der Waals surface area (Å²) in [6.07, 6.45) is 0. The molecule has 1 heterocycles. The van der Waals surface area contributed by atoms with Crippen molar-refractivity contribution in [1.82, 2.24) is 15.0 Å². The van der Waals surface area contributed by atoms with Gasteiger partial charge < -0.3 is 10.5 Å². The number of carbonyl (C=O) groups excluding carboxylic acids is 1. The molecule has 0 saturated heterocycles. The van der Waals surface area contributed by atoms with Gasteiger partial charge in [-0.3, -0.25) is 0 Å². The van der Waals surface area contributed by atoms with Crippen molar-refractivity contribution in [3.8, 4) is 5.69 Å². The molecule has 0 aliphatic heterocycles. The van der Waals surface area contributed by atoms with Crippen LogP contribution in [0.5, 0.6) is 0 Å². The highest BCUT2D eigenvalue weighted by Gasteiger charge is 2.11. The number of carbonyl (C=O) groups is 1. The van der Waals surface area contributed by atoms with Crippen LogP contribution >= 0.6 is 15.9 Å². The Labute approximate surface area is 128 Å². The quantitative estimate of drug-likeness (QED) is 0.569. The van der Waals surface area contributed by atoms with E-state index >= 15 is 0 Å². The first-order valence-corrected chi connectivity index (χ1v) is 6.89. The van der Waals surface area contributed by atoms with Crippen molar-refractivity contribution in [2.24, 2.45) is 0 Å². The lowest BCUT2D eigenvalue weighted by Crippen LogP contribution is -2.03. The molecule has 3 aromatic rings. The zero-order chi connectivity index (χ0) is 15.0. The van der Waals surface area contributed by atoms with E-state index in [-0.39, 0.29) is 5.97 Å². The molecule has 0 fully saturated rings. The molecule has 0 bridgehead atoms. The SMILES string of the molecule is COC(=O)c1ccc(-n2nc3ccc(N)c(Br)c3n2)cc1. The van der Waals surface area contributed by atoms with Crippen LogP contribution in [0.2, 0.25) is 0 Å². The van der Waals surface area contributed by atoms with Crippen molar-refractivity contribution in [2.45, 2.75) is 0 Å². The van der Waals surface area contributed by atoms with Crippen molar-refractivity contribution in [3.63, 3.8) is 0 Å². The second kappa shape index (κ2) is 5.17. The number of anilines is 1. The molecule has 106 valence electrons. The van der Waals surface area contributed by atoms with E-state index in [2.05, 4.69) is 30.9 Å². The minimum atomic E-state index is -0.379. The normalized spacial score (nSPS) is 10.8. The number of ether oxygens (including phenoxy) is 1. The average molecular weight is 347 g/mol. The predicted octanol–water partition coefficient (Wildman–Crippen LogP) is 2.55. The number of nitrogen functional groups attached to an aromatic ring is 1. The van der Waals surface area contributed by atoms with Gasteiger partial charge in [0.2, 0.25) is 0 Å². The first-order chi connectivity index (χ1) is 10.1. The topological polar surface area (TPSA) is 83.0 Å². The van der Waals surface area contributed by atoms with E-state index in [1.807, 2.05) is 6.07 Å². The van der Waals surface area contributed by atoms with Crippen LogP contribution in [-0.4, -0.2) is 28.1 Å². The summed E-state index contributed by atoms with van der Waals surface area (Å²) in [6, 6.07) is 10.4. The lowest BCUT2D eigenvalue weighted by Gasteiger charge is -2.01. The van der Waals surface area contributed by atoms with Gasteiger partial charge in [-0.15, -0.1) is 10.2 Å². The monoisotopic (exact) mass is 346 g/mol. The van der Waals surface area contributed by atoms with Gasteiger partial charge in [-0.2, -0.15) is 4.80 Å². The molecule has 21 heavy (non-hydrogen) atoms. The van der Waals surface area contributed by atoms with Gasteiger partial charge in [0.05, 0.1) is 22.8 Å². The highest BCUT2D eigenvalue weighted by atomic mass is 79.9. The van der Waals surface area contributed by atoms with Gasteiger partial charge in [0, 0.05) is 5.69 Å². The fourth-order valence-corrected chi connectivity index (χ4v) is 2.34. The van der Waals surface area contributed by atoms with Crippen LogP contribution in [0.4, 0.5) is 5.69 Å². The van der Waals surface area contributed by atoms with Crippen molar-refractivity contribution < 1.29 is 9.53 Å². The van der Waals surface area contributed by atoms with E-state index < -0.39 is 0 Å². The Bertz CT molecular complexity index is 827.